The number of nitro benzene ring substituents is 1. The SMILES string of the molecule is CN(CC(=O)N1CCC(CN)C1)S(=O)(=O)c1cccc([N+](=O)[O-])c1. The second kappa shape index (κ2) is 7.24. The van der Waals surface area contributed by atoms with E-state index in [2.05, 4.69) is 0 Å². The standard InChI is InChI=1S/C14H20N4O5S/c1-16(10-14(19)17-6-5-11(8-15)9-17)24(22,23)13-4-2-3-12(7-13)18(20)21/h2-4,7,11H,5-6,8-10,15H2,1H3. The molecule has 0 bridgehead atoms. The third-order valence-electron chi connectivity index (χ3n) is 4.07. The summed E-state index contributed by atoms with van der Waals surface area (Å²) in [7, 11) is -2.70. The zero-order valence-corrected chi connectivity index (χ0v) is 14.1. The van der Waals surface area contributed by atoms with Crippen LogP contribution in [-0.4, -0.2) is 61.7 Å². The van der Waals surface area contributed by atoms with Crippen molar-refractivity contribution in [2.45, 2.75) is 11.3 Å². The van der Waals surface area contributed by atoms with Gasteiger partial charge >= 0.3 is 0 Å². The van der Waals surface area contributed by atoms with E-state index in [1.54, 1.807) is 4.90 Å². The topological polar surface area (TPSA) is 127 Å². The Morgan fingerprint density at radius 3 is 2.79 bits per heavy atom. The highest BCUT2D eigenvalue weighted by Gasteiger charge is 2.29. The van der Waals surface area contributed by atoms with Gasteiger partial charge < -0.3 is 10.6 Å². The van der Waals surface area contributed by atoms with Crippen LogP contribution in [0.3, 0.4) is 0 Å². The molecule has 1 aliphatic rings. The summed E-state index contributed by atoms with van der Waals surface area (Å²) < 4.78 is 25.9. The summed E-state index contributed by atoms with van der Waals surface area (Å²) in [5, 5.41) is 10.8. The van der Waals surface area contributed by atoms with Gasteiger partial charge in [-0.3, -0.25) is 14.9 Å². The zero-order chi connectivity index (χ0) is 17.9. The Labute approximate surface area is 140 Å². The van der Waals surface area contributed by atoms with Crippen LogP contribution >= 0.6 is 0 Å². The van der Waals surface area contributed by atoms with Gasteiger partial charge in [0.05, 0.1) is 16.4 Å². The van der Waals surface area contributed by atoms with Crippen molar-refractivity contribution in [3.8, 4) is 0 Å². The first kappa shape index (κ1) is 18.3. The van der Waals surface area contributed by atoms with E-state index < -0.39 is 14.9 Å². The van der Waals surface area contributed by atoms with Crippen molar-refractivity contribution < 1.29 is 18.1 Å². The van der Waals surface area contributed by atoms with Gasteiger partial charge in [0.25, 0.3) is 5.69 Å². The van der Waals surface area contributed by atoms with Gasteiger partial charge in [0.1, 0.15) is 0 Å². The Morgan fingerprint density at radius 1 is 1.50 bits per heavy atom. The Morgan fingerprint density at radius 2 is 2.21 bits per heavy atom. The second-order valence-corrected chi connectivity index (χ2v) is 7.79. The smallest absolute Gasteiger partial charge is 0.270 e. The van der Waals surface area contributed by atoms with Crippen molar-refractivity contribution >= 4 is 21.6 Å². The van der Waals surface area contributed by atoms with Gasteiger partial charge in [0, 0.05) is 32.3 Å². The van der Waals surface area contributed by atoms with Gasteiger partial charge in [-0.15, -0.1) is 0 Å². The lowest BCUT2D eigenvalue weighted by atomic mass is 10.1. The molecule has 1 atom stereocenters. The van der Waals surface area contributed by atoms with Crippen LogP contribution in [-0.2, 0) is 14.8 Å². The summed E-state index contributed by atoms with van der Waals surface area (Å²) in [5.74, 6) is -0.0601. The number of amides is 1. The first-order chi connectivity index (χ1) is 11.3. The molecule has 10 heteroatoms. The maximum atomic E-state index is 12.5. The number of nitrogens with zero attached hydrogens (tertiary/aromatic N) is 3. The molecule has 1 aromatic rings. The number of hydrogen-bond donors (Lipinski definition) is 1. The highest BCUT2D eigenvalue weighted by Crippen LogP contribution is 2.21. The van der Waals surface area contributed by atoms with E-state index in [4.69, 9.17) is 5.73 Å². The highest BCUT2D eigenvalue weighted by molar-refractivity contribution is 7.89. The van der Waals surface area contributed by atoms with Gasteiger partial charge in [-0.1, -0.05) is 6.07 Å². The molecular formula is C14H20N4O5S. The normalized spacial score (nSPS) is 18.1. The molecule has 1 aliphatic heterocycles. The molecular weight excluding hydrogens is 336 g/mol. The molecule has 1 heterocycles. The maximum absolute atomic E-state index is 12.5. The summed E-state index contributed by atoms with van der Waals surface area (Å²) in [4.78, 5) is 23.7. The summed E-state index contributed by atoms with van der Waals surface area (Å²) in [5.41, 5.74) is 5.26. The van der Waals surface area contributed by atoms with Crippen molar-refractivity contribution in [3.63, 3.8) is 0 Å². The lowest BCUT2D eigenvalue weighted by Crippen LogP contribution is -2.40. The summed E-state index contributed by atoms with van der Waals surface area (Å²) in [6, 6.07) is 4.76. The predicted octanol–water partition coefficient (Wildman–Crippen LogP) is 0.0225. The Bertz CT molecular complexity index is 736. The average molecular weight is 356 g/mol. The van der Waals surface area contributed by atoms with E-state index >= 15 is 0 Å². The van der Waals surface area contributed by atoms with Crippen molar-refractivity contribution in [2.75, 3.05) is 33.2 Å². The number of carbonyl (C=O) groups is 1. The number of hydrogen-bond acceptors (Lipinski definition) is 6. The largest absolute Gasteiger partial charge is 0.341 e. The molecule has 9 nitrogen and oxygen atoms in total. The zero-order valence-electron chi connectivity index (χ0n) is 13.3. The van der Waals surface area contributed by atoms with Crippen molar-refractivity contribution in [3.05, 3.63) is 34.4 Å². The van der Waals surface area contributed by atoms with Gasteiger partial charge in [0.15, 0.2) is 0 Å². The minimum Gasteiger partial charge on any atom is -0.341 e. The molecule has 1 unspecified atom stereocenters. The molecule has 132 valence electrons. The number of rotatable bonds is 6. The van der Waals surface area contributed by atoms with Crippen LogP contribution in [0.2, 0.25) is 0 Å². The Balaban J connectivity index is 2.10. The van der Waals surface area contributed by atoms with Crippen LogP contribution in [0.1, 0.15) is 6.42 Å². The summed E-state index contributed by atoms with van der Waals surface area (Å²) in [6.45, 7) is 1.26. The quantitative estimate of drug-likeness (QED) is 0.565. The number of sulfonamides is 1. The van der Waals surface area contributed by atoms with Crippen LogP contribution in [0.25, 0.3) is 0 Å². The Kier molecular flexibility index (Phi) is 5.52. The monoisotopic (exact) mass is 356 g/mol. The first-order valence-electron chi connectivity index (χ1n) is 7.44. The van der Waals surface area contributed by atoms with E-state index in [-0.39, 0.29) is 29.0 Å². The lowest BCUT2D eigenvalue weighted by molar-refractivity contribution is -0.385. The van der Waals surface area contributed by atoms with E-state index in [0.717, 1.165) is 16.8 Å². The minimum absolute atomic E-state index is 0.215. The average Bonchev–Trinajstić information content (AvgIpc) is 3.04. The Hall–Kier alpha value is -2.04. The molecule has 2 rings (SSSR count). The molecule has 1 fully saturated rings. The number of nitro groups is 1. The van der Waals surface area contributed by atoms with E-state index in [0.29, 0.717) is 19.6 Å². The predicted molar refractivity (Wildman–Crippen MR) is 86.7 cm³/mol. The third-order valence-corrected chi connectivity index (χ3v) is 5.87. The number of benzene rings is 1. The van der Waals surface area contributed by atoms with Crippen LogP contribution in [0.5, 0.6) is 0 Å². The molecule has 1 aromatic carbocycles. The van der Waals surface area contributed by atoms with Crippen LogP contribution in [0.15, 0.2) is 29.2 Å². The van der Waals surface area contributed by atoms with Crippen molar-refractivity contribution in [1.82, 2.24) is 9.21 Å². The first-order valence-corrected chi connectivity index (χ1v) is 8.88. The molecule has 0 aliphatic carbocycles. The number of likely N-dealkylation sites (tertiary alicyclic amines) is 1. The molecule has 0 spiro atoms. The fraction of sp³-hybridized carbons (Fsp3) is 0.500. The van der Waals surface area contributed by atoms with E-state index in [9.17, 15) is 23.3 Å². The molecule has 0 saturated carbocycles. The lowest BCUT2D eigenvalue weighted by Gasteiger charge is -2.21. The van der Waals surface area contributed by atoms with Gasteiger partial charge in [-0.2, -0.15) is 4.31 Å². The van der Waals surface area contributed by atoms with Crippen LogP contribution in [0.4, 0.5) is 5.69 Å². The van der Waals surface area contributed by atoms with E-state index in [1.807, 2.05) is 0 Å². The summed E-state index contributed by atoms with van der Waals surface area (Å²) in [6.07, 6.45) is 0.809. The van der Waals surface area contributed by atoms with Crippen LogP contribution < -0.4 is 5.73 Å². The van der Waals surface area contributed by atoms with Crippen molar-refractivity contribution in [2.24, 2.45) is 11.7 Å². The molecule has 24 heavy (non-hydrogen) atoms. The molecule has 2 N–H and O–H groups in total. The highest BCUT2D eigenvalue weighted by atomic mass is 32.2. The van der Waals surface area contributed by atoms with Crippen molar-refractivity contribution in [1.29, 1.82) is 0 Å². The fourth-order valence-corrected chi connectivity index (χ4v) is 3.72. The molecule has 0 aromatic heterocycles. The summed E-state index contributed by atoms with van der Waals surface area (Å²) >= 11 is 0. The number of nitrogens with two attached hydrogens (primary N) is 1. The molecule has 0 radical (unpaired) electrons. The van der Waals surface area contributed by atoms with Gasteiger partial charge in [0.2, 0.25) is 15.9 Å². The minimum atomic E-state index is -3.98. The van der Waals surface area contributed by atoms with Gasteiger partial charge in [-0.05, 0) is 24.9 Å². The number of non-ortho nitro benzene ring substituents is 1. The van der Waals surface area contributed by atoms with E-state index in [1.165, 1.54) is 25.2 Å². The van der Waals surface area contributed by atoms with Crippen LogP contribution in [0, 0.1) is 16.0 Å². The number of likely N-dealkylation sites (N-methyl/N-ethyl adjacent to an activating group) is 1. The second-order valence-electron chi connectivity index (χ2n) is 5.75. The van der Waals surface area contributed by atoms with Gasteiger partial charge in [-0.25, -0.2) is 8.42 Å². The maximum Gasteiger partial charge on any atom is 0.270 e. The molecule has 1 amide bonds. The molecule has 1 saturated heterocycles. The number of carbonyl (C=O) groups excluding carboxylic acids is 1. The third kappa shape index (κ3) is 3.89. The fourth-order valence-electron chi connectivity index (χ4n) is 2.56.